The number of likely N-dealkylation sites (tertiary alicyclic amines) is 1. The highest BCUT2D eigenvalue weighted by atomic mass is 35.5. The molecule has 2 saturated heterocycles. The Morgan fingerprint density at radius 2 is 1.94 bits per heavy atom. The molecule has 0 saturated carbocycles. The van der Waals surface area contributed by atoms with Crippen LogP contribution in [-0.4, -0.2) is 59.1 Å². The van der Waals surface area contributed by atoms with Gasteiger partial charge in [-0.25, -0.2) is 4.79 Å². The number of furan rings is 1. The van der Waals surface area contributed by atoms with Crippen molar-refractivity contribution in [3.8, 4) is 11.3 Å². The van der Waals surface area contributed by atoms with E-state index < -0.39 is 17.1 Å². The zero-order valence-corrected chi connectivity index (χ0v) is 21.0. The molecule has 2 aromatic rings. The molecule has 0 N–H and O–H groups in total. The van der Waals surface area contributed by atoms with Crippen LogP contribution in [0.1, 0.15) is 42.8 Å². The zero-order chi connectivity index (χ0) is 25.1. The van der Waals surface area contributed by atoms with Gasteiger partial charge in [0.05, 0.1) is 22.1 Å². The van der Waals surface area contributed by atoms with Gasteiger partial charge in [-0.05, 0) is 67.8 Å². The molecule has 10 heteroatoms. The van der Waals surface area contributed by atoms with Crippen molar-refractivity contribution in [1.29, 1.82) is 0 Å². The number of benzene rings is 1. The lowest BCUT2D eigenvalue weighted by Crippen LogP contribution is -2.45. The van der Waals surface area contributed by atoms with E-state index in [4.69, 9.17) is 20.8 Å². The number of hydrogen-bond acceptors (Lipinski definition) is 7. The van der Waals surface area contributed by atoms with E-state index in [0.717, 1.165) is 29.5 Å². The van der Waals surface area contributed by atoms with E-state index in [1.54, 1.807) is 42.2 Å². The highest BCUT2D eigenvalue weighted by molar-refractivity contribution is 8.18. The van der Waals surface area contributed by atoms with E-state index in [-0.39, 0.29) is 34.6 Å². The molecular weight excluding hydrogens is 492 g/mol. The summed E-state index contributed by atoms with van der Waals surface area (Å²) >= 11 is 6.90. The lowest BCUT2D eigenvalue weighted by molar-refractivity contribution is -0.136. The van der Waals surface area contributed by atoms with Crippen LogP contribution >= 0.6 is 23.4 Å². The monoisotopic (exact) mass is 516 g/mol. The van der Waals surface area contributed by atoms with Crippen molar-refractivity contribution in [2.24, 2.45) is 5.92 Å². The van der Waals surface area contributed by atoms with Gasteiger partial charge in [-0.15, -0.1) is 0 Å². The SMILES string of the molecule is CCOC(=O)c1cc(-c2ccc(/C=C3/SC(=O)N(CC(=O)N4CCC(C)CC4)C3=O)o2)ccc1Cl. The molecule has 0 unspecified atom stereocenters. The average molecular weight is 517 g/mol. The Morgan fingerprint density at radius 1 is 1.20 bits per heavy atom. The minimum atomic E-state index is -0.534. The van der Waals surface area contributed by atoms with Crippen LogP contribution in [-0.2, 0) is 14.3 Å². The number of carbonyl (C=O) groups excluding carboxylic acids is 4. The average Bonchev–Trinajstić information content (AvgIpc) is 3.40. The minimum absolute atomic E-state index is 0.180. The number of halogens is 1. The molecule has 0 spiro atoms. The second kappa shape index (κ2) is 10.7. The van der Waals surface area contributed by atoms with Crippen LogP contribution in [0.5, 0.6) is 0 Å². The number of carbonyl (C=O) groups is 4. The van der Waals surface area contributed by atoms with E-state index >= 15 is 0 Å². The first-order valence-electron chi connectivity index (χ1n) is 11.4. The first-order chi connectivity index (χ1) is 16.8. The summed E-state index contributed by atoms with van der Waals surface area (Å²) in [6, 6.07) is 8.20. The molecule has 35 heavy (non-hydrogen) atoms. The summed E-state index contributed by atoms with van der Waals surface area (Å²) in [4.78, 5) is 52.9. The quantitative estimate of drug-likeness (QED) is 0.390. The molecule has 3 amide bonds. The third-order valence-electron chi connectivity index (χ3n) is 5.95. The van der Waals surface area contributed by atoms with Gasteiger partial charge in [0.2, 0.25) is 5.91 Å². The molecule has 0 aliphatic carbocycles. The van der Waals surface area contributed by atoms with E-state index in [1.165, 1.54) is 6.08 Å². The maximum absolute atomic E-state index is 12.8. The van der Waals surface area contributed by atoms with Crippen LogP contribution < -0.4 is 0 Å². The fraction of sp³-hybridized carbons (Fsp3) is 0.360. The number of ether oxygens (including phenoxy) is 1. The van der Waals surface area contributed by atoms with Gasteiger partial charge in [-0.1, -0.05) is 18.5 Å². The second-order valence-corrected chi connectivity index (χ2v) is 9.85. The highest BCUT2D eigenvalue weighted by Crippen LogP contribution is 2.34. The third-order valence-corrected chi connectivity index (χ3v) is 7.19. The number of thioether (sulfide) groups is 1. The van der Waals surface area contributed by atoms with Crippen molar-refractivity contribution in [1.82, 2.24) is 9.80 Å². The predicted molar refractivity (Wildman–Crippen MR) is 133 cm³/mol. The highest BCUT2D eigenvalue weighted by Gasteiger charge is 2.37. The summed E-state index contributed by atoms with van der Waals surface area (Å²) < 4.78 is 10.9. The van der Waals surface area contributed by atoms with E-state index in [1.807, 2.05) is 0 Å². The molecule has 2 aliphatic rings. The first-order valence-corrected chi connectivity index (χ1v) is 12.6. The summed E-state index contributed by atoms with van der Waals surface area (Å²) in [5, 5.41) is -0.218. The van der Waals surface area contributed by atoms with Crippen LogP contribution in [0.25, 0.3) is 17.4 Å². The summed E-state index contributed by atoms with van der Waals surface area (Å²) in [6.45, 7) is 5.10. The molecule has 2 fully saturated rings. The summed E-state index contributed by atoms with van der Waals surface area (Å²) in [5.74, 6) is 0.103. The fourth-order valence-electron chi connectivity index (χ4n) is 3.89. The smallest absolute Gasteiger partial charge is 0.339 e. The van der Waals surface area contributed by atoms with Crippen LogP contribution in [0, 0.1) is 5.92 Å². The molecule has 1 aromatic heterocycles. The van der Waals surface area contributed by atoms with Crippen molar-refractivity contribution < 1.29 is 28.3 Å². The molecular formula is C25H25ClN2O6S. The Bertz CT molecular complexity index is 1200. The van der Waals surface area contributed by atoms with Crippen LogP contribution in [0.2, 0.25) is 5.02 Å². The van der Waals surface area contributed by atoms with Crippen molar-refractivity contribution in [3.63, 3.8) is 0 Å². The molecule has 4 rings (SSSR count). The lowest BCUT2D eigenvalue weighted by atomic mass is 9.99. The van der Waals surface area contributed by atoms with Crippen molar-refractivity contribution >= 4 is 52.5 Å². The van der Waals surface area contributed by atoms with Gasteiger partial charge < -0.3 is 14.1 Å². The normalized spacial score (nSPS) is 18.0. The Labute approximate surface area is 212 Å². The summed E-state index contributed by atoms with van der Waals surface area (Å²) in [5.41, 5.74) is 0.824. The molecule has 2 aliphatic heterocycles. The largest absolute Gasteiger partial charge is 0.462 e. The maximum atomic E-state index is 12.8. The molecule has 3 heterocycles. The number of esters is 1. The number of hydrogen-bond donors (Lipinski definition) is 0. The third kappa shape index (κ3) is 5.62. The van der Waals surface area contributed by atoms with E-state index in [2.05, 4.69) is 6.92 Å². The molecule has 0 radical (unpaired) electrons. The van der Waals surface area contributed by atoms with Crippen molar-refractivity contribution in [3.05, 3.63) is 51.6 Å². The topological polar surface area (TPSA) is 97.1 Å². The molecule has 0 bridgehead atoms. The number of piperidine rings is 1. The number of nitrogens with zero attached hydrogens (tertiary/aromatic N) is 2. The Kier molecular flexibility index (Phi) is 7.66. The zero-order valence-electron chi connectivity index (χ0n) is 19.4. The first kappa shape index (κ1) is 25.1. The number of amides is 3. The van der Waals surface area contributed by atoms with Crippen LogP contribution in [0.3, 0.4) is 0 Å². The van der Waals surface area contributed by atoms with Crippen LogP contribution in [0.15, 0.2) is 39.7 Å². The van der Waals surface area contributed by atoms with Gasteiger partial charge in [0.1, 0.15) is 18.1 Å². The lowest BCUT2D eigenvalue weighted by Gasteiger charge is -2.31. The van der Waals surface area contributed by atoms with Gasteiger partial charge in [-0.2, -0.15) is 0 Å². The Morgan fingerprint density at radius 3 is 2.66 bits per heavy atom. The predicted octanol–water partition coefficient (Wildman–Crippen LogP) is 5.07. The maximum Gasteiger partial charge on any atom is 0.339 e. The number of imide groups is 1. The van der Waals surface area contributed by atoms with Gasteiger partial charge in [0.15, 0.2) is 0 Å². The molecule has 1 aromatic carbocycles. The minimum Gasteiger partial charge on any atom is -0.462 e. The number of rotatable bonds is 6. The molecule has 0 atom stereocenters. The van der Waals surface area contributed by atoms with E-state index in [9.17, 15) is 19.2 Å². The van der Waals surface area contributed by atoms with E-state index in [0.29, 0.717) is 36.1 Å². The standard InChI is InChI=1S/C25H25ClN2O6S/c1-3-33-24(31)18-12-16(4-6-19(18)26)20-7-5-17(34-20)13-21-23(30)28(25(32)35-21)14-22(29)27-10-8-15(2)9-11-27/h4-7,12-13,15H,3,8-11,14H2,1-2H3/b21-13+. The molecule has 184 valence electrons. The van der Waals surface area contributed by atoms with Gasteiger partial charge in [-0.3, -0.25) is 19.3 Å². The van der Waals surface area contributed by atoms with Crippen LogP contribution in [0.4, 0.5) is 4.79 Å². The fourth-order valence-corrected chi connectivity index (χ4v) is 4.90. The van der Waals surface area contributed by atoms with Gasteiger partial charge in [0, 0.05) is 24.7 Å². The summed E-state index contributed by atoms with van der Waals surface area (Å²) in [6.07, 6.45) is 3.32. The van der Waals surface area contributed by atoms with Gasteiger partial charge in [0.25, 0.3) is 11.1 Å². The molecule has 8 nitrogen and oxygen atoms in total. The van der Waals surface area contributed by atoms with Crippen molar-refractivity contribution in [2.75, 3.05) is 26.2 Å². The van der Waals surface area contributed by atoms with Crippen molar-refractivity contribution in [2.45, 2.75) is 26.7 Å². The second-order valence-electron chi connectivity index (χ2n) is 8.45. The Balaban J connectivity index is 1.47. The summed E-state index contributed by atoms with van der Waals surface area (Å²) in [7, 11) is 0. The van der Waals surface area contributed by atoms with Gasteiger partial charge >= 0.3 is 5.97 Å². The Hall–Kier alpha value is -3.04.